The standard InChI is InChI=1S/C33H33FN2O5/c1-2-23-9-13-25(14-10-23)33(39)36(20-28-6-5-17-40-28)21-31(37)35(18-24-11-15-27(34)16-12-24)19-26-22-41-30-8-4-3-7-29(30)32(26)38/h3-4,7-16,22,28H,2,5-6,17-21H2,1H3. The van der Waals surface area contributed by atoms with E-state index in [1.54, 1.807) is 48.5 Å². The number of benzene rings is 3. The highest BCUT2D eigenvalue weighted by Crippen LogP contribution is 2.18. The molecule has 3 aromatic carbocycles. The largest absolute Gasteiger partial charge is 0.464 e. The molecular formula is C33H33FN2O5. The zero-order valence-corrected chi connectivity index (χ0v) is 23.1. The first kappa shape index (κ1) is 28.2. The lowest BCUT2D eigenvalue weighted by atomic mass is 10.1. The van der Waals surface area contributed by atoms with Gasteiger partial charge in [0.25, 0.3) is 5.91 Å². The van der Waals surface area contributed by atoms with E-state index in [4.69, 9.17) is 9.15 Å². The summed E-state index contributed by atoms with van der Waals surface area (Å²) in [5, 5.41) is 0.421. The van der Waals surface area contributed by atoms with Crippen LogP contribution in [0.1, 0.15) is 46.8 Å². The van der Waals surface area contributed by atoms with Crippen molar-refractivity contribution in [3.8, 4) is 0 Å². The van der Waals surface area contributed by atoms with Gasteiger partial charge in [-0.1, -0.05) is 43.3 Å². The van der Waals surface area contributed by atoms with Gasteiger partial charge < -0.3 is 19.0 Å². The normalized spacial score (nSPS) is 14.7. The molecule has 0 spiro atoms. The molecule has 2 amide bonds. The van der Waals surface area contributed by atoms with Gasteiger partial charge in [-0.2, -0.15) is 0 Å². The zero-order chi connectivity index (χ0) is 28.8. The molecule has 1 aromatic heterocycles. The summed E-state index contributed by atoms with van der Waals surface area (Å²) in [5.41, 5.74) is 2.84. The van der Waals surface area contributed by atoms with Crippen molar-refractivity contribution >= 4 is 22.8 Å². The van der Waals surface area contributed by atoms with E-state index >= 15 is 0 Å². The van der Waals surface area contributed by atoms with Gasteiger partial charge in [0.2, 0.25) is 5.91 Å². The van der Waals surface area contributed by atoms with Crippen LogP contribution in [0.15, 0.2) is 88.3 Å². The molecule has 41 heavy (non-hydrogen) atoms. The first-order chi connectivity index (χ1) is 19.9. The minimum atomic E-state index is -0.385. The summed E-state index contributed by atoms with van der Waals surface area (Å²) in [6, 6.07) is 20.2. The molecule has 1 saturated heterocycles. The molecule has 0 aliphatic carbocycles. The maximum absolute atomic E-state index is 13.9. The number of aryl methyl sites for hydroxylation is 1. The molecule has 1 unspecified atom stereocenters. The monoisotopic (exact) mass is 556 g/mol. The van der Waals surface area contributed by atoms with Gasteiger partial charge >= 0.3 is 0 Å². The van der Waals surface area contributed by atoms with Crippen LogP contribution in [0.2, 0.25) is 0 Å². The average molecular weight is 557 g/mol. The lowest BCUT2D eigenvalue weighted by Gasteiger charge is -2.29. The first-order valence-electron chi connectivity index (χ1n) is 13.9. The smallest absolute Gasteiger partial charge is 0.254 e. The van der Waals surface area contributed by atoms with Crippen molar-refractivity contribution in [2.45, 2.75) is 45.4 Å². The fourth-order valence-electron chi connectivity index (χ4n) is 5.06. The second-order valence-electron chi connectivity index (χ2n) is 10.3. The van der Waals surface area contributed by atoms with Crippen LogP contribution in [0.5, 0.6) is 0 Å². The number of hydrogen-bond donors (Lipinski definition) is 0. The van der Waals surface area contributed by atoms with Gasteiger partial charge in [-0.3, -0.25) is 14.4 Å². The fourth-order valence-corrected chi connectivity index (χ4v) is 5.06. The molecule has 1 aliphatic rings. The number of rotatable bonds is 10. The third kappa shape index (κ3) is 6.89. The summed E-state index contributed by atoms with van der Waals surface area (Å²) in [6.07, 6.45) is 3.79. The Hall–Kier alpha value is -4.30. The van der Waals surface area contributed by atoms with Gasteiger partial charge in [0.1, 0.15) is 17.9 Å². The summed E-state index contributed by atoms with van der Waals surface area (Å²) in [7, 11) is 0. The van der Waals surface area contributed by atoms with E-state index in [0.717, 1.165) is 24.8 Å². The molecule has 0 N–H and O–H groups in total. The first-order valence-corrected chi connectivity index (χ1v) is 13.9. The van der Waals surface area contributed by atoms with Crippen LogP contribution in [-0.4, -0.2) is 47.4 Å². The molecule has 0 saturated carbocycles. The van der Waals surface area contributed by atoms with Crippen molar-refractivity contribution in [3.05, 3.63) is 117 Å². The van der Waals surface area contributed by atoms with Crippen molar-refractivity contribution in [3.63, 3.8) is 0 Å². The molecule has 0 radical (unpaired) electrons. The highest BCUT2D eigenvalue weighted by atomic mass is 19.1. The van der Waals surface area contributed by atoms with Crippen molar-refractivity contribution in [2.24, 2.45) is 0 Å². The quantitative estimate of drug-likeness (QED) is 0.263. The summed E-state index contributed by atoms with van der Waals surface area (Å²) in [4.78, 5) is 43.8. The van der Waals surface area contributed by atoms with Gasteiger partial charge in [0.05, 0.1) is 29.9 Å². The molecule has 1 fully saturated rings. The van der Waals surface area contributed by atoms with Crippen LogP contribution in [0, 0.1) is 5.82 Å². The zero-order valence-electron chi connectivity index (χ0n) is 23.1. The van der Waals surface area contributed by atoms with Crippen LogP contribution in [0.4, 0.5) is 4.39 Å². The lowest BCUT2D eigenvalue weighted by Crippen LogP contribution is -2.45. The number of amides is 2. The summed E-state index contributed by atoms with van der Waals surface area (Å²) in [5.74, 6) is -0.994. The van der Waals surface area contributed by atoms with E-state index in [9.17, 15) is 18.8 Å². The fraction of sp³-hybridized carbons (Fsp3) is 0.303. The van der Waals surface area contributed by atoms with E-state index in [1.165, 1.54) is 28.2 Å². The Morgan fingerprint density at radius 1 is 0.927 bits per heavy atom. The molecular weight excluding hydrogens is 523 g/mol. The van der Waals surface area contributed by atoms with E-state index in [-0.39, 0.29) is 55.3 Å². The third-order valence-corrected chi connectivity index (χ3v) is 7.42. The Bertz CT molecular complexity index is 1560. The van der Waals surface area contributed by atoms with Crippen LogP contribution in [0.25, 0.3) is 11.0 Å². The highest BCUT2D eigenvalue weighted by molar-refractivity contribution is 5.96. The Morgan fingerprint density at radius 3 is 2.37 bits per heavy atom. The Morgan fingerprint density at radius 2 is 1.66 bits per heavy atom. The molecule has 4 aromatic rings. The van der Waals surface area contributed by atoms with E-state index in [0.29, 0.717) is 34.3 Å². The second kappa shape index (κ2) is 12.9. The molecule has 0 bridgehead atoms. The molecule has 2 heterocycles. The maximum Gasteiger partial charge on any atom is 0.254 e. The van der Waals surface area contributed by atoms with Crippen molar-refractivity contribution in [1.82, 2.24) is 9.80 Å². The summed E-state index contributed by atoms with van der Waals surface area (Å²) >= 11 is 0. The predicted octanol–water partition coefficient (Wildman–Crippen LogP) is 5.34. The van der Waals surface area contributed by atoms with Gasteiger partial charge in [-0.25, -0.2) is 4.39 Å². The topological polar surface area (TPSA) is 80.1 Å². The van der Waals surface area contributed by atoms with E-state index in [2.05, 4.69) is 0 Å². The Kier molecular flexibility index (Phi) is 8.89. The number of ether oxygens (including phenoxy) is 1. The van der Waals surface area contributed by atoms with Crippen LogP contribution >= 0.6 is 0 Å². The van der Waals surface area contributed by atoms with Crippen molar-refractivity contribution in [2.75, 3.05) is 19.7 Å². The SMILES string of the molecule is CCc1ccc(C(=O)N(CC(=O)N(Cc2ccc(F)cc2)Cc2coc3ccccc3c2=O)CC2CCCO2)cc1. The van der Waals surface area contributed by atoms with E-state index < -0.39 is 0 Å². The van der Waals surface area contributed by atoms with Crippen LogP contribution in [-0.2, 0) is 29.0 Å². The number of nitrogens with zero attached hydrogens (tertiary/aromatic N) is 2. The van der Waals surface area contributed by atoms with Crippen LogP contribution in [0.3, 0.4) is 0 Å². The Balaban J connectivity index is 1.43. The number of carbonyl (C=O) groups is 2. The molecule has 5 rings (SSSR count). The molecule has 7 nitrogen and oxygen atoms in total. The minimum Gasteiger partial charge on any atom is -0.464 e. The number of carbonyl (C=O) groups excluding carboxylic acids is 2. The molecule has 212 valence electrons. The number of hydrogen-bond acceptors (Lipinski definition) is 5. The average Bonchev–Trinajstić information content (AvgIpc) is 3.52. The third-order valence-electron chi connectivity index (χ3n) is 7.42. The predicted molar refractivity (Wildman–Crippen MR) is 154 cm³/mol. The van der Waals surface area contributed by atoms with E-state index in [1.807, 2.05) is 19.1 Å². The number of para-hydroxylation sites is 1. The van der Waals surface area contributed by atoms with Crippen molar-refractivity contribution in [1.29, 1.82) is 0 Å². The second-order valence-corrected chi connectivity index (χ2v) is 10.3. The highest BCUT2D eigenvalue weighted by Gasteiger charge is 2.28. The minimum absolute atomic E-state index is 0.0312. The number of halogens is 1. The molecule has 8 heteroatoms. The van der Waals surface area contributed by atoms with Gasteiger partial charge in [0.15, 0.2) is 5.43 Å². The number of fused-ring (bicyclic) bond motifs is 1. The van der Waals surface area contributed by atoms with Gasteiger partial charge in [-0.15, -0.1) is 0 Å². The van der Waals surface area contributed by atoms with Crippen LogP contribution < -0.4 is 5.43 Å². The summed E-state index contributed by atoms with van der Waals surface area (Å²) in [6.45, 7) is 2.84. The maximum atomic E-state index is 13.9. The van der Waals surface area contributed by atoms with Crippen molar-refractivity contribution < 1.29 is 23.1 Å². The summed E-state index contributed by atoms with van der Waals surface area (Å²) < 4.78 is 25.1. The Labute approximate surface area is 238 Å². The van der Waals surface area contributed by atoms with Gasteiger partial charge in [0, 0.05) is 25.3 Å². The lowest BCUT2D eigenvalue weighted by molar-refractivity contribution is -0.133. The molecule has 1 aliphatic heterocycles. The van der Waals surface area contributed by atoms with Gasteiger partial charge in [-0.05, 0) is 66.8 Å². The molecule has 1 atom stereocenters.